The van der Waals surface area contributed by atoms with Crippen LogP contribution in [0.25, 0.3) is 0 Å². The largest absolute Gasteiger partial charge is 0.508 e. The summed E-state index contributed by atoms with van der Waals surface area (Å²) in [6.45, 7) is 0. The zero-order valence-electron chi connectivity index (χ0n) is 10.2. The first-order valence-electron chi connectivity index (χ1n) is 5.58. The third kappa shape index (κ3) is 2.60. The van der Waals surface area contributed by atoms with Crippen molar-refractivity contribution in [2.45, 2.75) is 0 Å². The van der Waals surface area contributed by atoms with Gasteiger partial charge in [0, 0.05) is 18.8 Å². The van der Waals surface area contributed by atoms with Crippen molar-refractivity contribution in [1.29, 1.82) is 0 Å². The number of benzene rings is 2. The van der Waals surface area contributed by atoms with Crippen LogP contribution in [0.4, 0.5) is 5.69 Å². The molecule has 19 heavy (non-hydrogen) atoms. The first-order chi connectivity index (χ1) is 8.99. The zero-order chi connectivity index (χ0) is 14.0. The molecule has 2 aromatic rings. The highest BCUT2D eigenvalue weighted by Crippen LogP contribution is 2.26. The number of amides is 1. The number of hydrogen-bond acceptors (Lipinski definition) is 4. The molecule has 0 fully saturated rings. The number of aromatic hydroxyl groups is 3. The van der Waals surface area contributed by atoms with Crippen molar-refractivity contribution in [3.05, 3.63) is 48.0 Å². The van der Waals surface area contributed by atoms with Crippen LogP contribution in [0.5, 0.6) is 17.2 Å². The summed E-state index contributed by atoms with van der Waals surface area (Å²) in [7, 11) is 1.56. The quantitative estimate of drug-likeness (QED) is 0.771. The fourth-order valence-electron chi connectivity index (χ4n) is 1.68. The number of carbonyl (C=O) groups is 1. The molecule has 0 saturated heterocycles. The summed E-state index contributed by atoms with van der Waals surface area (Å²) in [4.78, 5) is 13.5. The molecule has 0 radical (unpaired) electrons. The Hall–Kier alpha value is -2.69. The second-order valence-electron chi connectivity index (χ2n) is 4.08. The standard InChI is InChI=1S/C14H13NO4/c1-15(9-2-4-10(16)5-3-9)14(19)12-7-6-11(17)8-13(12)18/h2-8,16-18H,1H3. The number of nitrogens with zero attached hydrogens (tertiary/aromatic N) is 1. The second kappa shape index (κ2) is 4.89. The molecule has 1 amide bonds. The van der Waals surface area contributed by atoms with Gasteiger partial charge in [0.05, 0.1) is 5.56 Å². The van der Waals surface area contributed by atoms with Crippen molar-refractivity contribution >= 4 is 11.6 Å². The molecule has 0 unspecified atom stereocenters. The maximum atomic E-state index is 12.2. The molecule has 0 aromatic heterocycles. The van der Waals surface area contributed by atoms with E-state index >= 15 is 0 Å². The van der Waals surface area contributed by atoms with Crippen molar-refractivity contribution in [2.24, 2.45) is 0 Å². The molecule has 5 nitrogen and oxygen atoms in total. The highest BCUT2D eigenvalue weighted by Gasteiger charge is 2.17. The molecular weight excluding hydrogens is 246 g/mol. The van der Waals surface area contributed by atoms with E-state index in [0.717, 1.165) is 6.07 Å². The molecular formula is C14H13NO4. The highest BCUT2D eigenvalue weighted by molar-refractivity contribution is 6.07. The Kier molecular flexibility index (Phi) is 3.29. The first kappa shape index (κ1) is 12.8. The minimum atomic E-state index is -0.414. The van der Waals surface area contributed by atoms with Crippen LogP contribution in [-0.2, 0) is 0 Å². The Morgan fingerprint density at radius 3 is 2.11 bits per heavy atom. The minimum Gasteiger partial charge on any atom is -0.508 e. The SMILES string of the molecule is CN(C(=O)c1ccc(O)cc1O)c1ccc(O)cc1. The number of rotatable bonds is 2. The minimum absolute atomic E-state index is 0.0911. The van der Waals surface area contributed by atoms with Gasteiger partial charge in [0.2, 0.25) is 0 Å². The van der Waals surface area contributed by atoms with Crippen LogP contribution in [0.3, 0.4) is 0 Å². The van der Waals surface area contributed by atoms with Crippen LogP contribution >= 0.6 is 0 Å². The van der Waals surface area contributed by atoms with Gasteiger partial charge >= 0.3 is 0 Å². The average Bonchev–Trinajstić information content (AvgIpc) is 2.38. The van der Waals surface area contributed by atoms with Crippen molar-refractivity contribution in [3.63, 3.8) is 0 Å². The monoisotopic (exact) mass is 259 g/mol. The summed E-state index contributed by atoms with van der Waals surface area (Å²) in [6, 6.07) is 9.90. The molecule has 0 atom stereocenters. The first-order valence-corrected chi connectivity index (χ1v) is 5.58. The van der Waals surface area contributed by atoms with Gasteiger partial charge in [-0.3, -0.25) is 4.79 Å². The van der Waals surface area contributed by atoms with E-state index in [1.807, 2.05) is 0 Å². The van der Waals surface area contributed by atoms with E-state index in [0.29, 0.717) is 5.69 Å². The molecule has 0 spiro atoms. The van der Waals surface area contributed by atoms with Crippen LogP contribution in [0.2, 0.25) is 0 Å². The smallest absolute Gasteiger partial charge is 0.261 e. The molecule has 0 bridgehead atoms. The summed E-state index contributed by atoms with van der Waals surface area (Å²) in [5, 5.41) is 28.0. The fraction of sp³-hybridized carbons (Fsp3) is 0.0714. The van der Waals surface area contributed by atoms with Crippen molar-refractivity contribution in [3.8, 4) is 17.2 Å². The Labute approximate surface area is 110 Å². The van der Waals surface area contributed by atoms with Crippen LogP contribution in [0, 0.1) is 0 Å². The summed E-state index contributed by atoms with van der Waals surface area (Å²) in [6.07, 6.45) is 0. The van der Waals surface area contributed by atoms with Gasteiger partial charge in [0.25, 0.3) is 5.91 Å². The van der Waals surface area contributed by atoms with Crippen molar-refractivity contribution < 1.29 is 20.1 Å². The van der Waals surface area contributed by atoms with E-state index in [1.54, 1.807) is 19.2 Å². The third-order valence-corrected chi connectivity index (χ3v) is 2.75. The summed E-state index contributed by atoms with van der Waals surface area (Å²) >= 11 is 0. The lowest BCUT2D eigenvalue weighted by molar-refractivity contribution is 0.0990. The molecule has 98 valence electrons. The van der Waals surface area contributed by atoms with Crippen LogP contribution in [0.15, 0.2) is 42.5 Å². The Morgan fingerprint density at radius 1 is 0.947 bits per heavy atom. The molecule has 0 heterocycles. The maximum Gasteiger partial charge on any atom is 0.261 e. The van der Waals surface area contributed by atoms with Gasteiger partial charge in [-0.05, 0) is 36.4 Å². The molecule has 0 aliphatic heterocycles. The van der Waals surface area contributed by atoms with Crippen LogP contribution in [-0.4, -0.2) is 28.3 Å². The van der Waals surface area contributed by atoms with E-state index in [2.05, 4.69) is 0 Å². The topological polar surface area (TPSA) is 81.0 Å². The third-order valence-electron chi connectivity index (χ3n) is 2.75. The van der Waals surface area contributed by atoms with Gasteiger partial charge in [0.1, 0.15) is 17.2 Å². The molecule has 0 saturated carbocycles. The fourth-order valence-corrected chi connectivity index (χ4v) is 1.68. The molecule has 3 N–H and O–H groups in total. The lowest BCUT2D eigenvalue weighted by Gasteiger charge is -2.18. The van der Waals surface area contributed by atoms with E-state index in [1.165, 1.54) is 29.2 Å². The molecule has 2 rings (SSSR count). The highest BCUT2D eigenvalue weighted by atomic mass is 16.3. The average molecular weight is 259 g/mol. The van der Waals surface area contributed by atoms with Gasteiger partial charge in [-0.2, -0.15) is 0 Å². The molecule has 0 aliphatic carbocycles. The van der Waals surface area contributed by atoms with E-state index in [4.69, 9.17) is 0 Å². The van der Waals surface area contributed by atoms with Crippen molar-refractivity contribution in [1.82, 2.24) is 0 Å². The van der Waals surface area contributed by atoms with Gasteiger partial charge in [-0.25, -0.2) is 0 Å². The van der Waals surface area contributed by atoms with E-state index in [-0.39, 0.29) is 22.8 Å². The predicted molar refractivity (Wildman–Crippen MR) is 70.6 cm³/mol. The van der Waals surface area contributed by atoms with Gasteiger partial charge in [-0.1, -0.05) is 0 Å². The maximum absolute atomic E-state index is 12.2. The van der Waals surface area contributed by atoms with Gasteiger partial charge < -0.3 is 20.2 Å². The number of anilines is 1. The molecule has 0 aliphatic rings. The van der Waals surface area contributed by atoms with E-state index in [9.17, 15) is 20.1 Å². The second-order valence-corrected chi connectivity index (χ2v) is 4.08. The zero-order valence-corrected chi connectivity index (χ0v) is 10.2. The summed E-state index contributed by atoms with van der Waals surface area (Å²) < 4.78 is 0. The van der Waals surface area contributed by atoms with Crippen LogP contribution in [0.1, 0.15) is 10.4 Å². The van der Waals surface area contributed by atoms with Crippen LogP contribution < -0.4 is 4.90 Å². The number of phenols is 3. The van der Waals surface area contributed by atoms with Crippen molar-refractivity contribution in [2.75, 3.05) is 11.9 Å². The lowest BCUT2D eigenvalue weighted by Crippen LogP contribution is -2.26. The molecule has 5 heteroatoms. The van der Waals surface area contributed by atoms with Gasteiger partial charge in [-0.15, -0.1) is 0 Å². The summed E-state index contributed by atoms with van der Waals surface area (Å²) in [5.74, 6) is -0.697. The number of phenolic OH excluding ortho intramolecular Hbond substituents is 3. The number of carbonyl (C=O) groups excluding carboxylic acids is 1. The normalized spacial score (nSPS) is 10.2. The Balaban J connectivity index is 2.30. The molecule has 2 aromatic carbocycles. The Bertz CT molecular complexity index is 607. The van der Waals surface area contributed by atoms with Gasteiger partial charge in [0.15, 0.2) is 0 Å². The van der Waals surface area contributed by atoms with E-state index < -0.39 is 5.91 Å². The predicted octanol–water partition coefficient (Wildman–Crippen LogP) is 2.08. The Morgan fingerprint density at radius 2 is 1.53 bits per heavy atom. The lowest BCUT2D eigenvalue weighted by atomic mass is 10.1. The number of hydrogen-bond donors (Lipinski definition) is 3. The summed E-state index contributed by atoms with van der Waals surface area (Å²) in [5.41, 5.74) is 0.670.